The largest absolute Gasteiger partial charge is 0.416 e. The maximum absolute atomic E-state index is 12.9. The van der Waals surface area contributed by atoms with Gasteiger partial charge in [0.25, 0.3) is 5.91 Å². The van der Waals surface area contributed by atoms with Gasteiger partial charge in [-0.3, -0.25) is 9.78 Å². The molecule has 0 spiro atoms. The van der Waals surface area contributed by atoms with Gasteiger partial charge in [0.2, 0.25) is 0 Å². The van der Waals surface area contributed by atoms with Crippen molar-refractivity contribution in [3.8, 4) is 0 Å². The molecule has 0 bridgehead atoms. The Labute approximate surface area is 152 Å². The van der Waals surface area contributed by atoms with E-state index in [9.17, 15) is 18.0 Å². The molecule has 0 aliphatic rings. The standard InChI is InChI=1S/C19H15F3N2OS/c20-19(21,22)16-6-4-15(5-7-16)18(25)24(11-14-8-10-26-13-14)12-17-3-1-2-9-23-17/h1-10,13H,11-12H2. The molecule has 2 aromatic heterocycles. The molecule has 0 fully saturated rings. The summed E-state index contributed by atoms with van der Waals surface area (Å²) >= 11 is 1.52. The fraction of sp³-hybridized carbons (Fsp3) is 0.158. The van der Waals surface area contributed by atoms with Gasteiger partial charge in [-0.2, -0.15) is 24.5 Å². The highest BCUT2D eigenvalue weighted by Crippen LogP contribution is 2.29. The second kappa shape index (κ2) is 7.70. The molecule has 1 aromatic carbocycles. The number of alkyl halides is 3. The number of carbonyl (C=O) groups excluding carboxylic acids is 1. The highest BCUT2D eigenvalue weighted by Gasteiger charge is 2.30. The van der Waals surface area contributed by atoms with Crippen LogP contribution in [0, 0.1) is 0 Å². The highest BCUT2D eigenvalue weighted by molar-refractivity contribution is 7.07. The van der Waals surface area contributed by atoms with E-state index in [1.165, 1.54) is 23.5 Å². The zero-order valence-corrected chi connectivity index (χ0v) is 14.4. The SMILES string of the molecule is O=C(c1ccc(C(F)(F)F)cc1)N(Cc1ccsc1)Cc1ccccn1. The summed E-state index contributed by atoms with van der Waals surface area (Å²) in [7, 11) is 0. The number of carbonyl (C=O) groups is 1. The number of hydrogen-bond donors (Lipinski definition) is 0. The molecule has 2 heterocycles. The fourth-order valence-corrected chi connectivity index (χ4v) is 3.13. The first kappa shape index (κ1) is 18.1. The number of aromatic nitrogens is 1. The van der Waals surface area contributed by atoms with Crippen LogP contribution in [0.4, 0.5) is 13.2 Å². The lowest BCUT2D eigenvalue weighted by Crippen LogP contribution is -2.30. The van der Waals surface area contributed by atoms with Crippen molar-refractivity contribution in [2.45, 2.75) is 19.3 Å². The highest BCUT2D eigenvalue weighted by atomic mass is 32.1. The van der Waals surface area contributed by atoms with E-state index in [1.807, 2.05) is 22.9 Å². The lowest BCUT2D eigenvalue weighted by Gasteiger charge is -2.22. The van der Waals surface area contributed by atoms with Crippen LogP contribution in [0.3, 0.4) is 0 Å². The number of halogens is 3. The molecule has 3 rings (SSSR count). The molecule has 3 nitrogen and oxygen atoms in total. The van der Waals surface area contributed by atoms with E-state index < -0.39 is 11.7 Å². The van der Waals surface area contributed by atoms with Gasteiger partial charge in [0.15, 0.2) is 0 Å². The van der Waals surface area contributed by atoms with Gasteiger partial charge in [-0.25, -0.2) is 0 Å². The number of rotatable bonds is 5. The predicted molar refractivity (Wildman–Crippen MR) is 93.6 cm³/mol. The summed E-state index contributed by atoms with van der Waals surface area (Å²) in [6, 6.07) is 11.6. The first-order valence-corrected chi connectivity index (χ1v) is 8.75. The van der Waals surface area contributed by atoms with Crippen molar-refractivity contribution in [3.63, 3.8) is 0 Å². The average Bonchev–Trinajstić information content (AvgIpc) is 3.14. The fourth-order valence-electron chi connectivity index (χ4n) is 2.47. The van der Waals surface area contributed by atoms with Crippen molar-refractivity contribution in [3.05, 3.63) is 87.9 Å². The van der Waals surface area contributed by atoms with Crippen LogP contribution in [-0.4, -0.2) is 15.8 Å². The first-order chi connectivity index (χ1) is 12.4. The van der Waals surface area contributed by atoms with Crippen molar-refractivity contribution < 1.29 is 18.0 Å². The minimum atomic E-state index is -4.42. The molecule has 7 heteroatoms. The molecule has 0 atom stereocenters. The number of benzene rings is 1. The summed E-state index contributed by atoms with van der Waals surface area (Å²) < 4.78 is 38.1. The monoisotopic (exact) mass is 376 g/mol. The molecule has 0 aliphatic heterocycles. The van der Waals surface area contributed by atoms with Crippen molar-refractivity contribution in [2.24, 2.45) is 0 Å². The van der Waals surface area contributed by atoms with E-state index in [4.69, 9.17) is 0 Å². The summed E-state index contributed by atoms with van der Waals surface area (Å²) in [6.45, 7) is 0.635. The molecule has 1 amide bonds. The van der Waals surface area contributed by atoms with Crippen LogP contribution in [0.5, 0.6) is 0 Å². The summed E-state index contributed by atoms with van der Waals surface area (Å²) in [5.41, 5.74) is 1.11. The molecule has 26 heavy (non-hydrogen) atoms. The van der Waals surface area contributed by atoms with E-state index in [0.717, 1.165) is 17.7 Å². The lowest BCUT2D eigenvalue weighted by molar-refractivity contribution is -0.137. The smallest absolute Gasteiger partial charge is 0.328 e. The van der Waals surface area contributed by atoms with Crippen LogP contribution in [0.2, 0.25) is 0 Å². The quantitative estimate of drug-likeness (QED) is 0.628. The summed E-state index contributed by atoms with van der Waals surface area (Å²) in [6.07, 6.45) is -2.79. The van der Waals surface area contributed by atoms with E-state index in [1.54, 1.807) is 23.2 Å². The van der Waals surface area contributed by atoms with E-state index in [2.05, 4.69) is 4.98 Å². The van der Waals surface area contributed by atoms with Gasteiger partial charge in [0.1, 0.15) is 0 Å². The van der Waals surface area contributed by atoms with Crippen molar-refractivity contribution >= 4 is 17.2 Å². The molecule has 0 radical (unpaired) electrons. The number of pyridine rings is 1. The number of thiophene rings is 1. The molecule has 0 unspecified atom stereocenters. The van der Waals surface area contributed by atoms with Gasteiger partial charge in [0.05, 0.1) is 17.8 Å². The number of hydrogen-bond acceptors (Lipinski definition) is 3. The molecule has 134 valence electrons. The van der Waals surface area contributed by atoms with E-state index >= 15 is 0 Å². The molecule has 0 saturated heterocycles. The van der Waals surface area contributed by atoms with Crippen molar-refractivity contribution in [1.82, 2.24) is 9.88 Å². The zero-order valence-electron chi connectivity index (χ0n) is 13.6. The Kier molecular flexibility index (Phi) is 5.37. The maximum atomic E-state index is 12.9. The Morgan fingerprint density at radius 2 is 1.81 bits per heavy atom. The Balaban J connectivity index is 1.84. The van der Waals surface area contributed by atoms with Gasteiger partial charge >= 0.3 is 6.18 Å². The zero-order chi connectivity index (χ0) is 18.6. The van der Waals surface area contributed by atoms with Crippen LogP contribution < -0.4 is 0 Å². The Hall–Kier alpha value is -2.67. The third-order valence-corrected chi connectivity index (χ3v) is 4.51. The van der Waals surface area contributed by atoms with Gasteiger partial charge in [-0.1, -0.05) is 6.07 Å². The minimum Gasteiger partial charge on any atom is -0.328 e. The molecule has 3 aromatic rings. The molecular formula is C19H15F3N2OS. The summed E-state index contributed by atoms with van der Waals surface area (Å²) in [5, 5.41) is 3.85. The van der Waals surface area contributed by atoms with Crippen molar-refractivity contribution in [1.29, 1.82) is 0 Å². The second-order valence-electron chi connectivity index (χ2n) is 5.69. The molecular weight excluding hydrogens is 361 g/mol. The Bertz CT molecular complexity index is 847. The van der Waals surface area contributed by atoms with E-state index in [-0.39, 0.29) is 18.0 Å². The second-order valence-corrected chi connectivity index (χ2v) is 6.47. The van der Waals surface area contributed by atoms with Crippen molar-refractivity contribution in [2.75, 3.05) is 0 Å². The molecule has 0 saturated carbocycles. The normalized spacial score (nSPS) is 11.3. The lowest BCUT2D eigenvalue weighted by atomic mass is 10.1. The molecule has 0 N–H and O–H groups in total. The number of amides is 1. The summed E-state index contributed by atoms with van der Waals surface area (Å²) in [4.78, 5) is 18.7. The van der Waals surface area contributed by atoms with Gasteiger partial charge in [-0.05, 0) is 58.8 Å². The van der Waals surface area contributed by atoms with Crippen LogP contribution in [0.25, 0.3) is 0 Å². The van der Waals surface area contributed by atoms with Crippen LogP contribution in [0.1, 0.15) is 27.2 Å². The average molecular weight is 376 g/mol. The minimum absolute atomic E-state index is 0.212. The topological polar surface area (TPSA) is 33.2 Å². The van der Waals surface area contributed by atoms with Gasteiger partial charge < -0.3 is 4.90 Å². The van der Waals surface area contributed by atoms with Gasteiger partial charge in [-0.15, -0.1) is 0 Å². The maximum Gasteiger partial charge on any atom is 0.416 e. The third-order valence-electron chi connectivity index (χ3n) is 3.78. The van der Waals surface area contributed by atoms with E-state index in [0.29, 0.717) is 12.2 Å². The summed E-state index contributed by atoms with van der Waals surface area (Å²) in [5.74, 6) is -0.337. The van der Waals surface area contributed by atoms with Crippen LogP contribution in [0.15, 0.2) is 65.5 Å². The van der Waals surface area contributed by atoms with Crippen LogP contribution in [-0.2, 0) is 19.3 Å². The number of nitrogens with zero attached hydrogens (tertiary/aromatic N) is 2. The van der Waals surface area contributed by atoms with Gasteiger partial charge in [0, 0.05) is 18.3 Å². The predicted octanol–water partition coefficient (Wildman–Crippen LogP) is 5.00. The third kappa shape index (κ3) is 4.49. The Morgan fingerprint density at radius 3 is 2.38 bits per heavy atom. The Morgan fingerprint density at radius 1 is 1.04 bits per heavy atom. The first-order valence-electron chi connectivity index (χ1n) is 7.81. The molecule has 0 aliphatic carbocycles. The van der Waals surface area contributed by atoms with Crippen LogP contribution >= 0.6 is 11.3 Å².